The maximum atomic E-state index is 15.6. The summed E-state index contributed by atoms with van der Waals surface area (Å²) in [5, 5.41) is 2.75. The summed E-state index contributed by atoms with van der Waals surface area (Å²) in [5.74, 6) is -5.34. The molecule has 2 aromatic carbocycles. The Bertz CT molecular complexity index is 1260. The fraction of sp³-hybridized carbons (Fsp3) is 0.444. The molecule has 1 unspecified atom stereocenters. The maximum absolute atomic E-state index is 15.6. The number of methoxy groups -OCH3 is 2. The summed E-state index contributed by atoms with van der Waals surface area (Å²) in [5.41, 5.74) is 1.11. The molecule has 204 valence electrons. The van der Waals surface area contributed by atoms with Crippen LogP contribution in [0.15, 0.2) is 42.5 Å². The Balaban J connectivity index is 1.62. The Morgan fingerprint density at radius 1 is 1.13 bits per heavy atom. The Morgan fingerprint density at radius 3 is 2.50 bits per heavy atom. The zero-order valence-corrected chi connectivity index (χ0v) is 21.1. The quantitative estimate of drug-likeness (QED) is 0.357. The van der Waals surface area contributed by atoms with E-state index in [0.717, 1.165) is 5.56 Å². The van der Waals surface area contributed by atoms with E-state index < -0.39 is 35.8 Å². The highest BCUT2D eigenvalue weighted by Crippen LogP contribution is 2.41. The highest BCUT2D eigenvalue weighted by molar-refractivity contribution is 5.83. The van der Waals surface area contributed by atoms with E-state index in [9.17, 15) is 18.4 Å². The zero-order chi connectivity index (χ0) is 27.3. The number of rotatable bonds is 9. The van der Waals surface area contributed by atoms with Gasteiger partial charge in [-0.25, -0.2) is 22.9 Å². The minimum atomic E-state index is -2.77. The summed E-state index contributed by atoms with van der Waals surface area (Å²) in [6.07, 6.45) is -1.13. The number of esters is 1. The molecule has 1 aromatic heterocycles. The van der Waals surface area contributed by atoms with E-state index in [1.807, 2.05) is 18.2 Å². The number of carbonyl (C=O) groups excluding carboxylic acids is 2. The van der Waals surface area contributed by atoms with Crippen LogP contribution >= 0.6 is 0 Å². The zero-order valence-electron chi connectivity index (χ0n) is 21.1. The molecule has 1 heterocycles. The fourth-order valence-corrected chi connectivity index (χ4v) is 4.78. The molecular weight excluding hydrogens is 503 g/mol. The van der Waals surface area contributed by atoms with Crippen LogP contribution in [0.2, 0.25) is 0 Å². The summed E-state index contributed by atoms with van der Waals surface area (Å²) < 4.78 is 58.5. The molecule has 1 saturated carbocycles. The van der Waals surface area contributed by atoms with Crippen molar-refractivity contribution in [3.63, 3.8) is 0 Å². The molecular formula is C27H30F3N3O5. The molecule has 0 bridgehead atoms. The van der Waals surface area contributed by atoms with Crippen molar-refractivity contribution in [2.75, 3.05) is 20.8 Å². The lowest BCUT2D eigenvalue weighted by Crippen LogP contribution is -2.38. The van der Waals surface area contributed by atoms with Crippen LogP contribution in [-0.2, 0) is 25.6 Å². The SMILES string of the molecule is COCC(C(=O)OC)c1ccc2[nH]c([C@@H](NC(=O)OCc3ccccc3)C3CCC(F)(F)CC3)nc2c1F. The third-order valence-electron chi connectivity index (χ3n) is 6.85. The summed E-state index contributed by atoms with van der Waals surface area (Å²) in [6, 6.07) is 11.3. The number of fused-ring (bicyclic) bond motifs is 1. The standard InChI is InChI=1S/C27H30F3N3O5/c1-36-15-19(25(34)37-2)18-8-9-20-23(21(18)28)32-24(31-20)22(17-10-12-27(29,30)13-11-17)33-26(35)38-14-16-6-4-3-5-7-16/h3-9,17,19,22H,10-15H2,1-2H3,(H,31,32)(H,33,35)/t19?,22-/m0/s1. The molecule has 11 heteroatoms. The van der Waals surface area contributed by atoms with Gasteiger partial charge in [-0.05, 0) is 30.4 Å². The molecule has 0 radical (unpaired) electrons. The van der Waals surface area contributed by atoms with E-state index in [1.54, 1.807) is 18.2 Å². The minimum Gasteiger partial charge on any atom is -0.468 e. The van der Waals surface area contributed by atoms with Gasteiger partial charge in [0.1, 0.15) is 23.9 Å². The molecule has 2 atom stereocenters. The van der Waals surface area contributed by atoms with Crippen LogP contribution in [0.3, 0.4) is 0 Å². The number of halogens is 3. The summed E-state index contributed by atoms with van der Waals surface area (Å²) >= 11 is 0. The summed E-state index contributed by atoms with van der Waals surface area (Å²) in [4.78, 5) is 32.4. The number of H-pyrrole nitrogens is 1. The molecule has 0 saturated heterocycles. The highest BCUT2D eigenvalue weighted by atomic mass is 19.3. The Labute approximate surface area is 217 Å². The second kappa shape index (κ2) is 11.8. The molecule has 38 heavy (non-hydrogen) atoms. The molecule has 4 rings (SSSR count). The van der Waals surface area contributed by atoms with E-state index in [0.29, 0.717) is 5.52 Å². The van der Waals surface area contributed by atoms with Crippen LogP contribution in [0.5, 0.6) is 0 Å². The number of hydrogen-bond donors (Lipinski definition) is 2. The van der Waals surface area contributed by atoms with Gasteiger partial charge < -0.3 is 24.5 Å². The van der Waals surface area contributed by atoms with E-state index in [2.05, 4.69) is 15.3 Å². The van der Waals surface area contributed by atoms with E-state index >= 15 is 4.39 Å². The topological polar surface area (TPSA) is 103 Å². The Hall–Kier alpha value is -3.60. The molecule has 1 fully saturated rings. The number of nitrogens with one attached hydrogen (secondary N) is 2. The van der Waals surface area contributed by atoms with E-state index in [1.165, 1.54) is 20.3 Å². The lowest BCUT2D eigenvalue weighted by Gasteiger charge is -2.33. The number of amides is 1. The van der Waals surface area contributed by atoms with Gasteiger partial charge in [0.05, 0.1) is 25.3 Å². The molecule has 0 spiro atoms. The van der Waals surface area contributed by atoms with Crippen molar-refractivity contribution >= 4 is 23.1 Å². The number of hydrogen-bond acceptors (Lipinski definition) is 6. The number of imidazole rings is 1. The summed E-state index contributed by atoms with van der Waals surface area (Å²) in [7, 11) is 2.59. The van der Waals surface area contributed by atoms with Crippen molar-refractivity contribution in [1.29, 1.82) is 0 Å². The molecule has 8 nitrogen and oxygen atoms in total. The highest BCUT2D eigenvalue weighted by Gasteiger charge is 2.40. The predicted molar refractivity (Wildman–Crippen MR) is 132 cm³/mol. The number of nitrogens with zero attached hydrogens (tertiary/aromatic N) is 1. The lowest BCUT2D eigenvalue weighted by atomic mass is 9.82. The van der Waals surface area contributed by atoms with Crippen LogP contribution in [0.25, 0.3) is 11.0 Å². The predicted octanol–water partition coefficient (Wildman–Crippen LogP) is 5.40. The number of carbonyl (C=O) groups is 2. The fourth-order valence-electron chi connectivity index (χ4n) is 4.78. The van der Waals surface area contributed by atoms with Gasteiger partial charge in [-0.15, -0.1) is 0 Å². The second-order valence-electron chi connectivity index (χ2n) is 9.40. The molecule has 0 aliphatic heterocycles. The van der Waals surface area contributed by atoms with Crippen molar-refractivity contribution in [1.82, 2.24) is 15.3 Å². The first-order valence-corrected chi connectivity index (χ1v) is 12.3. The van der Waals surface area contributed by atoms with Crippen molar-refractivity contribution < 1.29 is 37.0 Å². The number of ether oxygens (including phenoxy) is 3. The summed E-state index contributed by atoms with van der Waals surface area (Å²) in [6.45, 7) is -0.0746. The van der Waals surface area contributed by atoms with Crippen LogP contribution < -0.4 is 5.32 Å². The number of benzene rings is 2. The molecule has 3 aromatic rings. The number of aromatic amines is 1. The van der Waals surface area contributed by atoms with Gasteiger partial charge in [0.25, 0.3) is 0 Å². The Kier molecular flexibility index (Phi) is 8.55. The van der Waals surface area contributed by atoms with Crippen LogP contribution in [0.4, 0.5) is 18.0 Å². The van der Waals surface area contributed by atoms with Gasteiger partial charge in [0.2, 0.25) is 5.92 Å². The van der Waals surface area contributed by atoms with Gasteiger partial charge in [-0.1, -0.05) is 36.4 Å². The Morgan fingerprint density at radius 2 is 1.84 bits per heavy atom. The molecule has 1 aliphatic carbocycles. The van der Waals surface area contributed by atoms with Crippen LogP contribution in [-0.4, -0.2) is 48.8 Å². The van der Waals surface area contributed by atoms with Crippen molar-refractivity contribution in [3.05, 3.63) is 65.2 Å². The monoisotopic (exact) mass is 533 g/mol. The third-order valence-corrected chi connectivity index (χ3v) is 6.85. The van der Waals surface area contributed by atoms with Crippen LogP contribution in [0, 0.1) is 11.7 Å². The van der Waals surface area contributed by atoms with Gasteiger partial charge in [-0.3, -0.25) is 4.79 Å². The average molecular weight is 534 g/mol. The first kappa shape index (κ1) is 27.4. The van der Waals surface area contributed by atoms with Gasteiger partial charge in [0, 0.05) is 25.5 Å². The largest absolute Gasteiger partial charge is 0.468 e. The minimum absolute atomic E-state index is 0.0225. The normalized spacial score (nSPS) is 17.1. The van der Waals surface area contributed by atoms with Gasteiger partial charge in [0.15, 0.2) is 5.82 Å². The number of aromatic nitrogens is 2. The molecule has 1 amide bonds. The third kappa shape index (κ3) is 6.27. The second-order valence-corrected chi connectivity index (χ2v) is 9.40. The van der Waals surface area contributed by atoms with E-state index in [4.69, 9.17) is 14.2 Å². The molecule has 1 aliphatic rings. The first-order chi connectivity index (χ1) is 18.2. The first-order valence-electron chi connectivity index (χ1n) is 12.3. The average Bonchev–Trinajstić information content (AvgIpc) is 3.35. The van der Waals surface area contributed by atoms with Gasteiger partial charge >= 0.3 is 12.1 Å². The maximum Gasteiger partial charge on any atom is 0.408 e. The molecule has 2 N–H and O–H groups in total. The lowest BCUT2D eigenvalue weighted by molar-refractivity contribution is -0.143. The van der Waals surface area contributed by atoms with Crippen molar-refractivity contribution in [2.45, 2.75) is 50.2 Å². The number of alkyl halides is 2. The van der Waals surface area contributed by atoms with Gasteiger partial charge in [-0.2, -0.15) is 0 Å². The number of alkyl carbamates (subject to hydrolysis) is 1. The van der Waals surface area contributed by atoms with Crippen LogP contribution in [0.1, 0.15) is 54.6 Å². The van der Waals surface area contributed by atoms with E-state index in [-0.39, 0.29) is 61.7 Å². The van der Waals surface area contributed by atoms with Crippen molar-refractivity contribution in [2.24, 2.45) is 5.92 Å². The van der Waals surface area contributed by atoms with Crippen molar-refractivity contribution in [3.8, 4) is 0 Å². The smallest absolute Gasteiger partial charge is 0.408 e.